The molecule has 1 aliphatic carbocycles. The van der Waals surface area contributed by atoms with Crippen molar-refractivity contribution in [2.24, 2.45) is 0 Å². The molecule has 0 aromatic carbocycles. The van der Waals surface area contributed by atoms with Crippen LogP contribution in [-0.2, 0) is 0 Å². The summed E-state index contributed by atoms with van der Waals surface area (Å²) in [6, 6.07) is 6.23. The second-order valence-corrected chi connectivity index (χ2v) is 6.74. The first kappa shape index (κ1) is 15.0. The lowest BCUT2D eigenvalue weighted by atomic mass is 10.0. The van der Waals surface area contributed by atoms with Crippen LogP contribution in [0.1, 0.15) is 69.7 Å². The minimum atomic E-state index is 0.416. The highest BCUT2D eigenvalue weighted by atomic mass is 15.3. The summed E-state index contributed by atoms with van der Waals surface area (Å²) in [6.45, 7) is 9.14. The van der Waals surface area contributed by atoms with Crippen LogP contribution in [-0.4, -0.2) is 35.1 Å². The standard InChI is InChI=1S/C18H29N3/c1-4-16-12-21(17(5-2)11-19-16)13(3)18-9-8-15(10-20-18)14-6-7-14/h8-10,13-14,16-17,19H,4-7,11-12H2,1-3H3/t13?,16-,17+/m0/s1. The van der Waals surface area contributed by atoms with E-state index >= 15 is 0 Å². The average molecular weight is 287 g/mol. The van der Waals surface area contributed by atoms with Crippen molar-refractivity contribution in [2.45, 2.75) is 70.5 Å². The van der Waals surface area contributed by atoms with Crippen LogP contribution in [0.4, 0.5) is 0 Å². The first-order valence-electron chi connectivity index (χ1n) is 8.67. The lowest BCUT2D eigenvalue weighted by Crippen LogP contribution is -2.56. The Kier molecular flexibility index (Phi) is 4.60. The number of nitrogens with one attached hydrogen (secondary N) is 1. The third-order valence-electron chi connectivity index (χ3n) is 5.29. The highest BCUT2D eigenvalue weighted by Crippen LogP contribution is 2.39. The number of pyridine rings is 1. The summed E-state index contributed by atoms with van der Waals surface area (Å²) in [5.74, 6) is 0.800. The minimum absolute atomic E-state index is 0.416. The van der Waals surface area contributed by atoms with Crippen molar-refractivity contribution in [3.63, 3.8) is 0 Å². The largest absolute Gasteiger partial charge is 0.311 e. The van der Waals surface area contributed by atoms with Crippen molar-refractivity contribution in [1.29, 1.82) is 0 Å². The molecule has 3 rings (SSSR count). The molecule has 1 saturated carbocycles. The molecule has 0 spiro atoms. The Morgan fingerprint density at radius 1 is 1.29 bits per heavy atom. The first-order valence-corrected chi connectivity index (χ1v) is 8.67. The van der Waals surface area contributed by atoms with E-state index in [1.54, 1.807) is 0 Å². The van der Waals surface area contributed by atoms with Crippen LogP contribution in [0.15, 0.2) is 18.3 Å². The molecule has 1 unspecified atom stereocenters. The van der Waals surface area contributed by atoms with Crippen molar-refractivity contribution in [1.82, 2.24) is 15.2 Å². The van der Waals surface area contributed by atoms with Crippen molar-refractivity contribution >= 4 is 0 Å². The molecule has 1 N–H and O–H groups in total. The molecule has 2 heterocycles. The van der Waals surface area contributed by atoms with Gasteiger partial charge in [-0.15, -0.1) is 0 Å². The monoisotopic (exact) mass is 287 g/mol. The molecule has 3 atom stereocenters. The second kappa shape index (κ2) is 6.45. The Labute approximate surface area is 129 Å². The molecule has 0 amide bonds. The van der Waals surface area contributed by atoms with Crippen LogP contribution in [0.3, 0.4) is 0 Å². The molecule has 0 bridgehead atoms. The van der Waals surface area contributed by atoms with Gasteiger partial charge in [0.2, 0.25) is 0 Å². The summed E-state index contributed by atoms with van der Waals surface area (Å²) in [5.41, 5.74) is 2.67. The number of rotatable bonds is 5. The molecule has 2 fully saturated rings. The Bertz CT molecular complexity index is 452. The van der Waals surface area contributed by atoms with Crippen molar-refractivity contribution < 1.29 is 0 Å². The summed E-state index contributed by atoms with van der Waals surface area (Å²) in [7, 11) is 0. The SMILES string of the molecule is CC[C@H]1CN(C(C)c2ccc(C3CC3)cn2)[C@H](CC)CN1. The average Bonchev–Trinajstić information content (AvgIpc) is 3.38. The number of hydrogen-bond donors (Lipinski definition) is 1. The van der Waals surface area contributed by atoms with Gasteiger partial charge in [0, 0.05) is 37.4 Å². The topological polar surface area (TPSA) is 28.2 Å². The molecule has 0 radical (unpaired) electrons. The maximum absolute atomic E-state index is 4.77. The molecule has 116 valence electrons. The Hall–Kier alpha value is -0.930. The quantitative estimate of drug-likeness (QED) is 0.898. The maximum Gasteiger partial charge on any atom is 0.0572 e. The molecule has 1 saturated heterocycles. The molecule has 2 aliphatic rings. The van der Waals surface area contributed by atoms with Crippen LogP contribution in [0.5, 0.6) is 0 Å². The van der Waals surface area contributed by atoms with Gasteiger partial charge >= 0.3 is 0 Å². The molecule has 3 heteroatoms. The molecular weight excluding hydrogens is 258 g/mol. The molecule has 21 heavy (non-hydrogen) atoms. The lowest BCUT2D eigenvalue weighted by molar-refractivity contribution is 0.0832. The van der Waals surface area contributed by atoms with E-state index in [0.717, 1.165) is 19.0 Å². The van der Waals surface area contributed by atoms with Gasteiger partial charge in [0.15, 0.2) is 0 Å². The van der Waals surface area contributed by atoms with Crippen molar-refractivity contribution in [3.8, 4) is 0 Å². The zero-order chi connectivity index (χ0) is 14.8. The third-order valence-corrected chi connectivity index (χ3v) is 5.29. The fourth-order valence-corrected chi connectivity index (χ4v) is 3.51. The Morgan fingerprint density at radius 2 is 2.10 bits per heavy atom. The zero-order valence-corrected chi connectivity index (χ0v) is 13.7. The normalized spacial score (nSPS) is 28.5. The predicted octanol–water partition coefficient (Wildman–Crippen LogP) is 3.48. The van der Waals surface area contributed by atoms with Gasteiger partial charge in [-0.3, -0.25) is 9.88 Å². The first-order chi connectivity index (χ1) is 10.2. The van der Waals surface area contributed by atoms with Gasteiger partial charge in [-0.25, -0.2) is 0 Å². The summed E-state index contributed by atoms with van der Waals surface area (Å²) < 4.78 is 0. The Balaban J connectivity index is 1.72. The maximum atomic E-state index is 4.77. The fraction of sp³-hybridized carbons (Fsp3) is 0.722. The molecule has 1 aromatic rings. The number of piperazine rings is 1. The molecular formula is C18H29N3. The van der Waals surface area contributed by atoms with E-state index in [9.17, 15) is 0 Å². The van der Waals surface area contributed by atoms with E-state index < -0.39 is 0 Å². The van der Waals surface area contributed by atoms with Gasteiger partial charge in [0.05, 0.1) is 5.69 Å². The van der Waals surface area contributed by atoms with Crippen LogP contribution in [0.2, 0.25) is 0 Å². The number of aromatic nitrogens is 1. The smallest absolute Gasteiger partial charge is 0.0572 e. The van der Waals surface area contributed by atoms with E-state index in [1.165, 1.54) is 36.9 Å². The number of nitrogens with zero attached hydrogens (tertiary/aromatic N) is 2. The van der Waals surface area contributed by atoms with Crippen molar-refractivity contribution in [3.05, 3.63) is 29.6 Å². The summed E-state index contributed by atoms with van der Waals surface area (Å²) in [4.78, 5) is 7.43. The summed E-state index contributed by atoms with van der Waals surface area (Å²) in [5, 5.41) is 3.68. The van der Waals surface area contributed by atoms with E-state index in [2.05, 4.69) is 49.3 Å². The second-order valence-electron chi connectivity index (χ2n) is 6.74. The van der Waals surface area contributed by atoms with Gasteiger partial charge in [-0.05, 0) is 50.2 Å². The summed E-state index contributed by atoms with van der Waals surface area (Å²) >= 11 is 0. The number of hydrogen-bond acceptors (Lipinski definition) is 3. The van der Waals surface area contributed by atoms with Crippen LogP contribution < -0.4 is 5.32 Å². The Morgan fingerprint density at radius 3 is 2.67 bits per heavy atom. The highest BCUT2D eigenvalue weighted by Gasteiger charge is 2.31. The summed E-state index contributed by atoms with van der Waals surface area (Å²) in [6.07, 6.45) is 7.22. The third kappa shape index (κ3) is 3.29. The fourth-order valence-electron chi connectivity index (χ4n) is 3.51. The zero-order valence-electron chi connectivity index (χ0n) is 13.7. The van der Waals surface area contributed by atoms with Gasteiger partial charge in [-0.2, -0.15) is 0 Å². The van der Waals surface area contributed by atoms with Crippen LogP contribution in [0, 0.1) is 0 Å². The van der Waals surface area contributed by atoms with Gasteiger partial charge in [-0.1, -0.05) is 19.9 Å². The minimum Gasteiger partial charge on any atom is -0.311 e. The molecule has 3 nitrogen and oxygen atoms in total. The lowest BCUT2D eigenvalue weighted by Gasteiger charge is -2.43. The predicted molar refractivity (Wildman–Crippen MR) is 87.5 cm³/mol. The van der Waals surface area contributed by atoms with Crippen LogP contribution >= 0.6 is 0 Å². The van der Waals surface area contributed by atoms with Crippen molar-refractivity contribution in [2.75, 3.05) is 13.1 Å². The van der Waals surface area contributed by atoms with Gasteiger partial charge < -0.3 is 5.32 Å². The van der Waals surface area contributed by atoms with Gasteiger partial charge in [0.25, 0.3) is 0 Å². The molecule has 1 aromatic heterocycles. The van der Waals surface area contributed by atoms with E-state index in [4.69, 9.17) is 4.98 Å². The molecule has 1 aliphatic heterocycles. The van der Waals surface area contributed by atoms with E-state index in [0.29, 0.717) is 18.1 Å². The van der Waals surface area contributed by atoms with E-state index in [1.807, 2.05) is 0 Å². The van der Waals surface area contributed by atoms with Gasteiger partial charge in [0.1, 0.15) is 0 Å². The van der Waals surface area contributed by atoms with Crippen LogP contribution in [0.25, 0.3) is 0 Å². The van der Waals surface area contributed by atoms with E-state index in [-0.39, 0.29) is 0 Å². The highest BCUT2D eigenvalue weighted by molar-refractivity contribution is 5.23.